The molecule has 0 fully saturated rings. The molecule has 0 atom stereocenters. The predicted molar refractivity (Wildman–Crippen MR) is 107 cm³/mol. The van der Waals surface area contributed by atoms with Crippen LogP contribution in [-0.4, -0.2) is 41.8 Å². The molecule has 10 nitrogen and oxygen atoms in total. The average molecular weight is 411 g/mol. The van der Waals surface area contributed by atoms with Crippen LogP contribution in [0, 0.1) is 19.3 Å². The van der Waals surface area contributed by atoms with E-state index in [1.54, 1.807) is 19.2 Å². The standard InChI is InChI=1S/C18H17N7O3S/c1-9-4-3-5-25-14(9)20-15-12(17(25)28)8-11(13(19)24(15)6-7-26)16(27)21-18-23-22-10(2)29-18/h3-5,8,19,26H,6-7H2,1-2H3,(H,21,23,27). The van der Waals surface area contributed by atoms with Crippen LogP contribution in [0.2, 0.25) is 0 Å². The molecule has 0 spiro atoms. The van der Waals surface area contributed by atoms with Gasteiger partial charge in [0.1, 0.15) is 21.8 Å². The van der Waals surface area contributed by atoms with Crippen LogP contribution >= 0.6 is 11.3 Å². The van der Waals surface area contributed by atoms with Gasteiger partial charge in [-0.1, -0.05) is 17.4 Å². The summed E-state index contributed by atoms with van der Waals surface area (Å²) in [4.78, 5) is 30.4. The molecule has 3 N–H and O–H groups in total. The van der Waals surface area contributed by atoms with Gasteiger partial charge in [-0.3, -0.25) is 24.7 Å². The third-order valence-corrected chi connectivity index (χ3v) is 5.20. The zero-order valence-electron chi connectivity index (χ0n) is 15.6. The van der Waals surface area contributed by atoms with Gasteiger partial charge in [0.05, 0.1) is 17.6 Å². The highest BCUT2D eigenvalue weighted by molar-refractivity contribution is 7.15. The van der Waals surface area contributed by atoms with Crippen LogP contribution in [0.15, 0.2) is 29.2 Å². The van der Waals surface area contributed by atoms with E-state index >= 15 is 0 Å². The maximum atomic E-state index is 13.1. The zero-order chi connectivity index (χ0) is 20.7. The van der Waals surface area contributed by atoms with Gasteiger partial charge in [-0.05, 0) is 31.5 Å². The first-order valence-electron chi connectivity index (χ1n) is 8.73. The van der Waals surface area contributed by atoms with E-state index in [4.69, 9.17) is 5.41 Å². The van der Waals surface area contributed by atoms with Crippen LogP contribution in [0.4, 0.5) is 5.13 Å². The second kappa shape index (κ2) is 7.18. The molecule has 148 valence electrons. The van der Waals surface area contributed by atoms with Crippen LogP contribution < -0.4 is 16.4 Å². The molecule has 11 heteroatoms. The normalized spacial score (nSPS) is 11.3. The predicted octanol–water partition coefficient (Wildman–Crippen LogP) is 0.842. The van der Waals surface area contributed by atoms with E-state index in [0.29, 0.717) is 15.8 Å². The third-order valence-electron chi connectivity index (χ3n) is 4.45. The van der Waals surface area contributed by atoms with Gasteiger partial charge < -0.3 is 9.67 Å². The summed E-state index contributed by atoms with van der Waals surface area (Å²) in [7, 11) is 0. The van der Waals surface area contributed by atoms with Crippen molar-refractivity contribution in [1.29, 1.82) is 5.41 Å². The van der Waals surface area contributed by atoms with Crippen molar-refractivity contribution in [3.63, 3.8) is 0 Å². The largest absolute Gasteiger partial charge is 0.395 e. The summed E-state index contributed by atoms with van der Waals surface area (Å²) in [5, 5.41) is 29.4. The Bertz CT molecular complexity index is 1390. The highest BCUT2D eigenvalue weighted by atomic mass is 32.1. The summed E-state index contributed by atoms with van der Waals surface area (Å²) in [6, 6.07) is 4.93. The second-order valence-electron chi connectivity index (χ2n) is 6.40. The van der Waals surface area contributed by atoms with E-state index in [-0.39, 0.29) is 40.8 Å². The molecule has 0 aliphatic carbocycles. The second-order valence-corrected chi connectivity index (χ2v) is 7.58. The Kier molecular flexibility index (Phi) is 4.68. The van der Waals surface area contributed by atoms with Gasteiger partial charge in [0, 0.05) is 12.7 Å². The minimum absolute atomic E-state index is 0.0167. The molecule has 1 amide bonds. The number of nitrogens with one attached hydrogen (secondary N) is 2. The van der Waals surface area contributed by atoms with Crippen molar-refractivity contribution in [2.45, 2.75) is 20.4 Å². The number of hydrogen-bond acceptors (Lipinski definition) is 8. The van der Waals surface area contributed by atoms with Crippen LogP contribution in [0.25, 0.3) is 16.7 Å². The molecule has 4 rings (SSSR count). The fraction of sp³-hybridized carbons (Fsp3) is 0.222. The number of aromatic nitrogens is 5. The zero-order valence-corrected chi connectivity index (χ0v) is 16.4. The number of anilines is 1. The highest BCUT2D eigenvalue weighted by Crippen LogP contribution is 2.16. The molecule has 0 aliphatic rings. The molecule has 0 unspecified atom stereocenters. The fourth-order valence-corrected chi connectivity index (χ4v) is 3.69. The number of rotatable bonds is 4. The Morgan fingerprint density at radius 3 is 2.79 bits per heavy atom. The molecular weight excluding hydrogens is 394 g/mol. The van der Waals surface area contributed by atoms with Crippen molar-refractivity contribution in [2.75, 3.05) is 11.9 Å². The number of carbonyl (C=O) groups excluding carboxylic acids is 1. The molecule has 29 heavy (non-hydrogen) atoms. The monoisotopic (exact) mass is 411 g/mol. The number of aliphatic hydroxyl groups is 1. The van der Waals surface area contributed by atoms with Gasteiger partial charge in [0.15, 0.2) is 0 Å². The maximum absolute atomic E-state index is 13.1. The molecule has 0 aromatic carbocycles. The molecule has 0 saturated carbocycles. The van der Waals surface area contributed by atoms with Crippen LogP contribution in [-0.2, 0) is 6.54 Å². The van der Waals surface area contributed by atoms with Crippen molar-refractivity contribution in [2.24, 2.45) is 0 Å². The molecule has 0 saturated heterocycles. The first kappa shape index (κ1) is 18.9. The Morgan fingerprint density at radius 1 is 1.31 bits per heavy atom. The van der Waals surface area contributed by atoms with E-state index in [1.165, 1.54) is 26.4 Å². The van der Waals surface area contributed by atoms with Crippen molar-refractivity contribution in [1.82, 2.24) is 24.1 Å². The minimum atomic E-state index is -0.589. The quantitative estimate of drug-likeness (QED) is 0.426. The van der Waals surface area contributed by atoms with E-state index in [2.05, 4.69) is 20.5 Å². The summed E-state index contributed by atoms with van der Waals surface area (Å²) in [5.74, 6) is -0.589. The number of aryl methyl sites for hydroxylation is 2. The lowest BCUT2D eigenvalue weighted by atomic mass is 10.2. The van der Waals surface area contributed by atoms with E-state index in [9.17, 15) is 14.7 Å². The average Bonchev–Trinajstić information content (AvgIpc) is 3.09. The summed E-state index contributed by atoms with van der Waals surface area (Å²) < 4.78 is 2.77. The lowest BCUT2D eigenvalue weighted by molar-refractivity contribution is 0.102. The number of fused-ring (bicyclic) bond motifs is 2. The molecule has 0 radical (unpaired) electrons. The maximum Gasteiger partial charge on any atom is 0.267 e. The summed E-state index contributed by atoms with van der Waals surface area (Å²) in [6.45, 7) is 3.33. The topological polar surface area (TPSA) is 138 Å². The Morgan fingerprint density at radius 2 is 2.10 bits per heavy atom. The minimum Gasteiger partial charge on any atom is -0.395 e. The Labute approximate surface area is 167 Å². The van der Waals surface area contributed by atoms with Gasteiger partial charge in [-0.25, -0.2) is 4.98 Å². The number of hydrogen-bond donors (Lipinski definition) is 3. The molecule has 4 aromatic heterocycles. The van der Waals surface area contributed by atoms with Crippen LogP contribution in [0.3, 0.4) is 0 Å². The SMILES string of the molecule is Cc1nnc(NC(=O)c2cc3c(=O)n4cccc(C)c4nc3n(CCO)c2=N)s1. The number of pyridine rings is 2. The van der Waals surface area contributed by atoms with Gasteiger partial charge in [0.25, 0.3) is 11.5 Å². The van der Waals surface area contributed by atoms with E-state index < -0.39 is 5.91 Å². The Balaban J connectivity index is 1.99. The van der Waals surface area contributed by atoms with Gasteiger partial charge in [0.2, 0.25) is 5.13 Å². The summed E-state index contributed by atoms with van der Waals surface area (Å²) in [5.41, 5.74) is 0.952. The summed E-state index contributed by atoms with van der Waals surface area (Å²) in [6.07, 6.45) is 1.60. The van der Waals surface area contributed by atoms with Crippen LogP contribution in [0.1, 0.15) is 20.9 Å². The van der Waals surface area contributed by atoms with Gasteiger partial charge in [-0.2, -0.15) is 0 Å². The molecule has 0 bridgehead atoms. The Hall–Kier alpha value is -3.44. The van der Waals surface area contributed by atoms with Crippen molar-refractivity contribution < 1.29 is 9.90 Å². The van der Waals surface area contributed by atoms with Gasteiger partial charge >= 0.3 is 0 Å². The fourth-order valence-electron chi connectivity index (χ4n) is 3.10. The van der Waals surface area contributed by atoms with E-state index in [0.717, 1.165) is 5.56 Å². The molecule has 4 heterocycles. The molecule has 4 aromatic rings. The van der Waals surface area contributed by atoms with Crippen LogP contribution in [0.5, 0.6) is 0 Å². The van der Waals surface area contributed by atoms with E-state index in [1.807, 2.05) is 13.0 Å². The smallest absolute Gasteiger partial charge is 0.267 e. The third kappa shape index (κ3) is 3.19. The van der Waals surface area contributed by atoms with Crippen molar-refractivity contribution in [3.8, 4) is 0 Å². The lowest BCUT2D eigenvalue weighted by Gasteiger charge is -2.14. The highest BCUT2D eigenvalue weighted by Gasteiger charge is 2.18. The first-order valence-corrected chi connectivity index (χ1v) is 9.55. The number of aliphatic hydroxyl groups excluding tert-OH is 1. The number of nitrogens with zero attached hydrogens (tertiary/aromatic N) is 5. The molecule has 0 aliphatic heterocycles. The molecular formula is C18H17N7O3S. The van der Waals surface area contributed by atoms with Gasteiger partial charge in [-0.15, -0.1) is 10.2 Å². The summed E-state index contributed by atoms with van der Waals surface area (Å²) >= 11 is 1.20. The lowest BCUT2D eigenvalue weighted by Crippen LogP contribution is -2.33. The first-order chi connectivity index (χ1) is 13.9. The van der Waals surface area contributed by atoms with Crippen molar-refractivity contribution in [3.05, 3.63) is 56.4 Å². The number of carbonyl (C=O) groups is 1. The number of amides is 1. The van der Waals surface area contributed by atoms with Crippen molar-refractivity contribution >= 4 is 39.1 Å².